The normalized spacial score (nSPS) is 10.1. The molecule has 0 aromatic carbocycles. The molecule has 4 nitrogen and oxygen atoms in total. The third-order valence-electron chi connectivity index (χ3n) is 1.84. The standard InChI is InChI=1S/C11H16N2O2S/c1-2-3-11(14)15-6-7-16-8-10-4-5-12-9-13-10/h4-5,9H,2-3,6-8H2,1H3. The summed E-state index contributed by atoms with van der Waals surface area (Å²) in [6.07, 6.45) is 4.62. The van der Waals surface area contributed by atoms with Gasteiger partial charge in [0.2, 0.25) is 0 Å². The quantitative estimate of drug-likeness (QED) is 0.539. The highest BCUT2D eigenvalue weighted by Crippen LogP contribution is 2.08. The lowest BCUT2D eigenvalue weighted by Gasteiger charge is -2.03. The largest absolute Gasteiger partial charge is 0.465 e. The van der Waals surface area contributed by atoms with Crippen molar-refractivity contribution in [1.29, 1.82) is 0 Å². The summed E-state index contributed by atoms with van der Waals surface area (Å²) in [4.78, 5) is 19.0. The minimum absolute atomic E-state index is 0.106. The van der Waals surface area contributed by atoms with E-state index in [-0.39, 0.29) is 5.97 Å². The fraction of sp³-hybridized carbons (Fsp3) is 0.545. The highest BCUT2D eigenvalue weighted by molar-refractivity contribution is 7.98. The van der Waals surface area contributed by atoms with E-state index in [2.05, 4.69) is 9.97 Å². The van der Waals surface area contributed by atoms with E-state index in [1.807, 2.05) is 13.0 Å². The van der Waals surface area contributed by atoms with Crippen LogP contribution >= 0.6 is 11.8 Å². The molecule has 0 fully saturated rings. The van der Waals surface area contributed by atoms with E-state index in [1.165, 1.54) is 6.33 Å². The first kappa shape index (κ1) is 13.0. The summed E-state index contributed by atoms with van der Waals surface area (Å²) in [6, 6.07) is 1.89. The number of carbonyl (C=O) groups excluding carboxylic acids is 1. The molecule has 0 bridgehead atoms. The molecule has 1 aromatic heterocycles. The number of carbonyl (C=O) groups is 1. The second kappa shape index (κ2) is 8.10. The van der Waals surface area contributed by atoms with Gasteiger partial charge in [-0.2, -0.15) is 11.8 Å². The number of esters is 1. The van der Waals surface area contributed by atoms with Gasteiger partial charge in [-0.3, -0.25) is 4.79 Å². The monoisotopic (exact) mass is 240 g/mol. The van der Waals surface area contributed by atoms with Gasteiger partial charge in [-0.05, 0) is 12.5 Å². The Kier molecular flexibility index (Phi) is 6.56. The van der Waals surface area contributed by atoms with Crippen molar-refractivity contribution >= 4 is 17.7 Å². The maximum atomic E-state index is 11.0. The molecule has 0 saturated heterocycles. The summed E-state index contributed by atoms with van der Waals surface area (Å²) in [6.45, 7) is 2.44. The van der Waals surface area contributed by atoms with E-state index < -0.39 is 0 Å². The predicted molar refractivity (Wildman–Crippen MR) is 64.1 cm³/mol. The molecule has 0 aliphatic rings. The van der Waals surface area contributed by atoms with Crippen molar-refractivity contribution in [3.63, 3.8) is 0 Å². The fourth-order valence-corrected chi connectivity index (χ4v) is 1.80. The molecular formula is C11H16N2O2S. The van der Waals surface area contributed by atoms with E-state index >= 15 is 0 Å². The zero-order valence-corrected chi connectivity index (χ0v) is 10.2. The van der Waals surface area contributed by atoms with Crippen LogP contribution in [0.3, 0.4) is 0 Å². The average Bonchev–Trinajstić information content (AvgIpc) is 2.30. The Labute approximate surface area is 99.8 Å². The molecule has 0 unspecified atom stereocenters. The van der Waals surface area contributed by atoms with Gasteiger partial charge in [0.1, 0.15) is 12.9 Å². The highest BCUT2D eigenvalue weighted by Gasteiger charge is 2.00. The fourth-order valence-electron chi connectivity index (χ4n) is 1.07. The van der Waals surface area contributed by atoms with Crippen LogP contribution in [0, 0.1) is 0 Å². The minimum Gasteiger partial charge on any atom is -0.465 e. The molecule has 5 heteroatoms. The summed E-state index contributed by atoms with van der Waals surface area (Å²) in [5, 5.41) is 0. The van der Waals surface area contributed by atoms with Crippen molar-refractivity contribution in [3.8, 4) is 0 Å². The van der Waals surface area contributed by atoms with Gasteiger partial charge >= 0.3 is 5.97 Å². The van der Waals surface area contributed by atoms with Crippen molar-refractivity contribution in [1.82, 2.24) is 9.97 Å². The van der Waals surface area contributed by atoms with E-state index in [0.29, 0.717) is 13.0 Å². The minimum atomic E-state index is -0.106. The number of nitrogens with zero attached hydrogens (tertiary/aromatic N) is 2. The lowest BCUT2D eigenvalue weighted by molar-refractivity contribution is -0.142. The molecule has 0 radical (unpaired) electrons. The van der Waals surface area contributed by atoms with Gasteiger partial charge in [-0.1, -0.05) is 6.92 Å². The van der Waals surface area contributed by atoms with Crippen molar-refractivity contribution in [2.24, 2.45) is 0 Å². The molecule has 1 heterocycles. The molecule has 88 valence electrons. The summed E-state index contributed by atoms with van der Waals surface area (Å²) in [7, 11) is 0. The topological polar surface area (TPSA) is 52.1 Å². The molecule has 0 atom stereocenters. The van der Waals surface area contributed by atoms with Gasteiger partial charge in [0.05, 0.1) is 5.69 Å². The SMILES string of the molecule is CCCC(=O)OCCSCc1ccncn1. The maximum absolute atomic E-state index is 11.0. The van der Waals surface area contributed by atoms with Crippen molar-refractivity contribution in [3.05, 3.63) is 24.3 Å². The van der Waals surface area contributed by atoms with Gasteiger partial charge in [-0.25, -0.2) is 9.97 Å². The smallest absolute Gasteiger partial charge is 0.305 e. The zero-order chi connectivity index (χ0) is 11.6. The highest BCUT2D eigenvalue weighted by atomic mass is 32.2. The number of rotatable bonds is 7. The first-order valence-corrected chi connectivity index (χ1v) is 6.46. The van der Waals surface area contributed by atoms with Crippen LogP contribution in [0.2, 0.25) is 0 Å². The van der Waals surface area contributed by atoms with Gasteiger partial charge < -0.3 is 4.74 Å². The number of aromatic nitrogens is 2. The first-order chi connectivity index (χ1) is 7.83. The van der Waals surface area contributed by atoms with E-state index in [4.69, 9.17) is 4.74 Å². The van der Waals surface area contributed by atoms with Crippen LogP contribution in [0.15, 0.2) is 18.6 Å². The number of thioether (sulfide) groups is 1. The second-order valence-corrected chi connectivity index (χ2v) is 4.33. The lowest BCUT2D eigenvalue weighted by atomic mass is 10.3. The Morgan fingerprint density at radius 3 is 3.12 bits per heavy atom. The molecule has 0 amide bonds. The summed E-state index contributed by atoms with van der Waals surface area (Å²) < 4.78 is 5.03. The van der Waals surface area contributed by atoms with Crippen LogP contribution in [0.1, 0.15) is 25.5 Å². The summed E-state index contributed by atoms with van der Waals surface area (Å²) in [5.41, 5.74) is 1.000. The van der Waals surface area contributed by atoms with Crippen molar-refractivity contribution in [2.45, 2.75) is 25.5 Å². The molecule has 1 rings (SSSR count). The average molecular weight is 240 g/mol. The Bertz CT molecular complexity index is 306. The van der Waals surface area contributed by atoms with E-state index in [1.54, 1.807) is 18.0 Å². The molecular weight excluding hydrogens is 224 g/mol. The Morgan fingerprint density at radius 1 is 1.56 bits per heavy atom. The Balaban J connectivity index is 2.02. The third-order valence-corrected chi connectivity index (χ3v) is 2.79. The van der Waals surface area contributed by atoms with E-state index in [0.717, 1.165) is 23.6 Å². The number of hydrogen-bond donors (Lipinski definition) is 0. The van der Waals surface area contributed by atoms with Crippen LogP contribution < -0.4 is 0 Å². The third kappa shape index (κ3) is 5.70. The predicted octanol–water partition coefficient (Wildman–Crippen LogP) is 2.05. The van der Waals surface area contributed by atoms with Crippen molar-refractivity contribution < 1.29 is 9.53 Å². The number of hydrogen-bond acceptors (Lipinski definition) is 5. The van der Waals surface area contributed by atoms with Gasteiger partial charge in [-0.15, -0.1) is 0 Å². The van der Waals surface area contributed by atoms with Crippen LogP contribution in [0.5, 0.6) is 0 Å². The van der Waals surface area contributed by atoms with Gasteiger partial charge in [0.25, 0.3) is 0 Å². The zero-order valence-electron chi connectivity index (χ0n) is 9.39. The summed E-state index contributed by atoms with van der Waals surface area (Å²) in [5.74, 6) is 1.53. The van der Waals surface area contributed by atoms with Gasteiger partial charge in [0.15, 0.2) is 0 Å². The second-order valence-electron chi connectivity index (χ2n) is 3.22. The first-order valence-electron chi connectivity index (χ1n) is 5.31. The molecule has 0 aliphatic carbocycles. The summed E-state index contributed by atoms with van der Waals surface area (Å²) >= 11 is 1.70. The van der Waals surface area contributed by atoms with Crippen molar-refractivity contribution in [2.75, 3.05) is 12.4 Å². The van der Waals surface area contributed by atoms with E-state index in [9.17, 15) is 4.79 Å². The van der Waals surface area contributed by atoms with Crippen LogP contribution in [-0.2, 0) is 15.3 Å². The van der Waals surface area contributed by atoms with Crippen LogP contribution in [0.4, 0.5) is 0 Å². The molecule has 16 heavy (non-hydrogen) atoms. The number of ether oxygens (including phenoxy) is 1. The molecule has 0 spiro atoms. The Hall–Kier alpha value is -1.10. The Morgan fingerprint density at radius 2 is 2.44 bits per heavy atom. The van der Waals surface area contributed by atoms with Crippen LogP contribution in [-0.4, -0.2) is 28.3 Å². The molecule has 0 aliphatic heterocycles. The van der Waals surface area contributed by atoms with Gasteiger partial charge in [0, 0.05) is 24.1 Å². The molecule has 1 aromatic rings. The maximum Gasteiger partial charge on any atom is 0.305 e. The molecule has 0 N–H and O–H groups in total. The van der Waals surface area contributed by atoms with Crippen LogP contribution in [0.25, 0.3) is 0 Å². The molecule has 0 saturated carbocycles. The lowest BCUT2D eigenvalue weighted by Crippen LogP contribution is -2.06.